The van der Waals surface area contributed by atoms with E-state index in [0.717, 1.165) is 6.42 Å². The Morgan fingerprint density at radius 2 is 2.19 bits per heavy atom. The summed E-state index contributed by atoms with van der Waals surface area (Å²) in [6, 6.07) is 0. The van der Waals surface area contributed by atoms with Crippen molar-refractivity contribution in [2.75, 3.05) is 31.3 Å². The first kappa shape index (κ1) is 15.2. The molecule has 5 nitrogen and oxygen atoms in total. The maximum absolute atomic E-state index is 11.2. The van der Waals surface area contributed by atoms with Crippen LogP contribution in [0, 0.1) is 0 Å². The van der Waals surface area contributed by atoms with Crippen LogP contribution in [0.5, 0.6) is 0 Å². The van der Waals surface area contributed by atoms with E-state index in [0.29, 0.717) is 31.9 Å². The van der Waals surface area contributed by atoms with Gasteiger partial charge in [-0.25, -0.2) is 0 Å². The molecule has 0 aliphatic rings. The molecule has 0 aromatic heterocycles. The molecule has 0 unspecified atom stereocenters. The number of amides is 1. The molecule has 0 aliphatic heterocycles. The predicted molar refractivity (Wildman–Crippen MR) is 63.7 cm³/mol. The van der Waals surface area contributed by atoms with Crippen LogP contribution >= 0.6 is 11.8 Å². The van der Waals surface area contributed by atoms with Crippen LogP contribution in [0.15, 0.2) is 0 Å². The zero-order chi connectivity index (χ0) is 12.2. The fourth-order valence-electron chi connectivity index (χ4n) is 0.990. The minimum atomic E-state index is -0.826. The number of carboxylic acid groups (broad SMARTS) is 1. The van der Waals surface area contributed by atoms with Crippen LogP contribution in [0.1, 0.15) is 19.8 Å². The number of carbonyl (C=O) groups is 2. The smallest absolute Gasteiger partial charge is 0.313 e. The summed E-state index contributed by atoms with van der Waals surface area (Å²) >= 11 is 1.30. The average Bonchev–Trinajstić information content (AvgIpc) is 2.23. The van der Waals surface area contributed by atoms with Crippen molar-refractivity contribution in [2.24, 2.45) is 0 Å². The SMILES string of the molecule is CCOCCCC(=O)NCCSCC(=O)O. The van der Waals surface area contributed by atoms with Gasteiger partial charge in [0, 0.05) is 31.9 Å². The molecule has 0 saturated carbocycles. The van der Waals surface area contributed by atoms with Crippen LogP contribution < -0.4 is 5.32 Å². The third kappa shape index (κ3) is 11.3. The Bertz CT molecular complexity index is 211. The van der Waals surface area contributed by atoms with Gasteiger partial charge in [0.15, 0.2) is 0 Å². The minimum Gasteiger partial charge on any atom is -0.481 e. The van der Waals surface area contributed by atoms with Crippen LogP contribution in [-0.2, 0) is 14.3 Å². The van der Waals surface area contributed by atoms with Gasteiger partial charge in [-0.2, -0.15) is 0 Å². The Balaban J connectivity index is 3.20. The van der Waals surface area contributed by atoms with E-state index in [2.05, 4.69) is 5.32 Å². The average molecular weight is 249 g/mol. The van der Waals surface area contributed by atoms with E-state index in [1.54, 1.807) is 0 Å². The van der Waals surface area contributed by atoms with Crippen molar-refractivity contribution in [3.63, 3.8) is 0 Å². The number of nitrogens with one attached hydrogen (secondary N) is 1. The molecule has 0 saturated heterocycles. The Kier molecular flexibility index (Phi) is 10.3. The molecule has 0 atom stereocenters. The van der Waals surface area contributed by atoms with E-state index < -0.39 is 5.97 Å². The third-order valence-electron chi connectivity index (χ3n) is 1.69. The quantitative estimate of drug-likeness (QED) is 0.558. The molecule has 0 fully saturated rings. The summed E-state index contributed by atoms with van der Waals surface area (Å²) in [4.78, 5) is 21.4. The van der Waals surface area contributed by atoms with Crippen molar-refractivity contribution in [1.29, 1.82) is 0 Å². The van der Waals surface area contributed by atoms with Crippen LogP contribution in [0.4, 0.5) is 0 Å². The molecular weight excluding hydrogens is 230 g/mol. The van der Waals surface area contributed by atoms with E-state index >= 15 is 0 Å². The summed E-state index contributed by atoms with van der Waals surface area (Å²) in [6.07, 6.45) is 1.19. The highest BCUT2D eigenvalue weighted by molar-refractivity contribution is 7.99. The van der Waals surface area contributed by atoms with Crippen molar-refractivity contribution in [3.8, 4) is 0 Å². The first-order chi connectivity index (χ1) is 7.66. The lowest BCUT2D eigenvalue weighted by Crippen LogP contribution is -2.26. The molecule has 6 heteroatoms. The zero-order valence-corrected chi connectivity index (χ0v) is 10.3. The number of rotatable bonds is 10. The van der Waals surface area contributed by atoms with Gasteiger partial charge in [0.25, 0.3) is 0 Å². The first-order valence-corrected chi connectivity index (χ1v) is 6.46. The molecule has 0 heterocycles. The van der Waals surface area contributed by atoms with Gasteiger partial charge in [0.1, 0.15) is 0 Å². The lowest BCUT2D eigenvalue weighted by molar-refractivity contribution is -0.133. The van der Waals surface area contributed by atoms with Gasteiger partial charge in [0.05, 0.1) is 5.75 Å². The summed E-state index contributed by atoms with van der Waals surface area (Å²) < 4.78 is 5.10. The number of carbonyl (C=O) groups excluding carboxylic acids is 1. The van der Waals surface area contributed by atoms with E-state index in [9.17, 15) is 9.59 Å². The van der Waals surface area contributed by atoms with Gasteiger partial charge in [-0.3, -0.25) is 9.59 Å². The van der Waals surface area contributed by atoms with Crippen LogP contribution in [-0.4, -0.2) is 48.2 Å². The molecule has 2 N–H and O–H groups in total. The second kappa shape index (κ2) is 10.8. The molecule has 16 heavy (non-hydrogen) atoms. The maximum Gasteiger partial charge on any atom is 0.313 e. The van der Waals surface area contributed by atoms with Crippen LogP contribution in [0.3, 0.4) is 0 Å². The maximum atomic E-state index is 11.2. The topological polar surface area (TPSA) is 75.6 Å². The van der Waals surface area contributed by atoms with E-state index in [1.807, 2.05) is 6.92 Å². The lowest BCUT2D eigenvalue weighted by atomic mass is 10.3. The summed E-state index contributed by atoms with van der Waals surface area (Å²) in [5.41, 5.74) is 0. The van der Waals surface area contributed by atoms with Crippen molar-refractivity contribution in [3.05, 3.63) is 0 Å². The normalized spacial score (nSPS) is 10.1. The highest BCUT2D eigenvalue weighted by atomic mass is 32.2. The van der Waals surface area contributed by atoms with Gasteiger partial charge < -0.3 is 15.2 Å². The second-order valence-corrected chi connectivity index (χ2v) is 4.20. The highest BCUT2D eigenvalue weighted by Gasteiger charge is 2.01. The summed E-state index contributed by atoms with van der Waals surface area (Å²) in [5.74, 6) is -0.118. The molecular formula is C10H19NO4S. The molecule has 0 aromatic rings. The van der Waals surface area contributed by atoms with E-state index in [1.165, 1.54) is 11.8 Å². The Hall–Kier alpha value is -0.750. The first-order valence-electron chi connectivity index (χ1n) is 5.30. The van der Waals surface area contributed by atoms with Gasteiger partial charge in [-0.05, 0) is 13.3 Å². The standard InChI is InChI=1S/C10H19NO4S/c1-2-15-6-3-4-9(12)11-5-7-16-8-10(13)14/h2-8H2,1H3,(H,11,12)(H,13,14). The number of ether oxygens (including phenoxy) is 1. The Morgan fingerprint density at radius 3 is 2.81 bits per heavy atom. The molecule has 1 amide bonds. The summed E-state index contributed by atoms with van der Waals surface area (Å²) in [5, 5.41) is 11.1. The molecule has 0 spiro atoms. The van der Waals surface area contributed by atoms with E-state index in [-0.39, 0.29) is 11.7 Å². The molecule has 0 rings (SSSR count). The van der Waals surface area contributed by atoms with Gasteiger partial charge >= 0.3 is 5.97 Å². The molecule has 0 bridgehead atoms. The van der Waals surface area contributed by atoms with Crippen molar-refractivity contribution >= 4 is 23.6 Å². The molecule has 94 valence electrons. The number of hydrogen-bond acceptors (Lipinski definition) is 4. The van der Waals surface area contributed by atoms with Gasteiger partial charge in [0.2, 0.25) is 5.91 Å². The largest absolute Gasteiger partial charge is 0.481 e. The van der Waals surface area contributed by atoms with Crippen LogP contribution in [0.25, 0.3) is 0 Å². The Morgan fingerprint density at radius 1 is 1.44 bits per heavy atom. The fraction of sp³-hybridized carbons (Fsp3) is 0.800. The molecule has 0 aromatic carbocycles. The number of hydrogen-bond donors (Lipinski definition) is 2. The second-order valence-electron chi connectivity index (χ2n) is 3.10. The lowest BCUT2D eigenvalue weighted by Gasteiger charge is -2.04. The molecule has 0 radical (unpaired) electrons. The minimum absolute atomic E-state index is 0.00405. The summed E-state index contributed by atoms with van der Waals surface area (Å²) in [7, 11) is 0. The van der Waals surface area contributed by atoms with Gasteiger partial charge in [-0.1, -0.05) is 0 Å². The van der Waals surface area contributed by atoms with Crippen molar-refractivity contribution in [1.82, 2.24) is 5.32 Å². The van der Waals surface area contributed by atoms with Crippen LogP contribution in [0.2, 0.25) is 0 Å². The van der Waals surface area contributed by atoms with Crippen molar-refractivity contribution < 1.29 is 19.4 Å². The van der Waals surface area contributed by atoms with Gasteiger partial charge in [-0.15, -0.1) is 11.8 Å². The fourth-order valence-corrected chi connectivity index (χ4v) is 1.55. The number of thioether (sulfide) groups is 1. The van der Waals surface area contributed by atoms with E-state index in [4.69, 9.17) is 9.84 Å². The number of carboxylic acids is 1. The molecule has 0 aliphatic carbocycles. The predicted octanol–water partition coefficient (Wildman–Crippen LogP) is 0.737. The number of aliphatic carboxylic acids is 1. The summed E-state index contributed by atoms with van der Waals surface area (Å²) in [6.45, 7) is 3.72. The zero-order valence-electron chi connectivity index (χ0n) is 9.53. The Labute approximate surface area is 99.9 Å². The monoisotopic (exact) mass is 249 g/mol. The van der Waals surface area contributed by atoms with Crippen molar-refractivity contribution in [2.45, 2.75) is 19.8 Å². The highest BCUT2D eigenvalue weighted by Crippen LogP contribution is 1.97. The third-order valence-corrected chi connectivity index (χ3v) is 2.63.